The van der Waals surface area contributed by atoms with E-state index in [1.807, 2.05) is 24.3 Å². The summed E-state index contributed by atoms with van der Waals surface area (Å²) in [4.78, 5) is 22.8. The molecule has 3 N–H and O–H groups in total. The van der Waals surface area contributed by atoms with Crippen LogP contribution < -0.4 is 15.8 Å². The first-order chi connectivity index (χ1) is 17.0. The van der Waals surface area contributed by atoms with E-state index in [0.717, 1.165) is 31.6 Å². The molecule has 3 aromatic carbocycles. The molecule has 1 amide bonds. The maximum atomic E-state index is 12.5. The monoisotopic (exact) mass is 471 g/mol. The normalized spacial score (nSPS) is 19.2. The molecule has 0 radical (unpaired) electrons. The van der Waals surface area contributed by atoms with Gasteiger partial charge in [0.15, 0.2) is 0 Å². The highest BCUT2D eigenvalue weighted by Crippen LogP contribution is 2.44. The van der Waals surface area contributed by atoms with Gasteiger partial charge in [-0.3, -0.25) is 9.63 Å². The Labute approximate surface area is 206 Å². The Kier molecular flexibility index (Phi) is 6.88. The molecule has 1 fully saturated rings. The number of carbonyl (C=O) groups excluding carboxylic acids is 1. The number of benzene rings is 3. The van der Waals surface area contributed by atoms with Crippen molar-refractivity contribution in [3.63, 3.8) is 0 Å². The van der Waals surface area contributed by atoms with E-state index in [1.165, 1.54) is 16.8 Å². The summed E-state index contributed by atoms with van der Waals surface area (Å²) < 4.78 is 0. The first kappa shape index (κ1) is 23.6. The number of fused-ring (bicyclic) bond motifs is 3. The largest absolute Gasteiger partial charge is 0.488 e. The lowest BCUT2D eigenvalue weighted by molar-refractivity contribution is 0.0233. The molecular formula is C27H30BN3O4. The van der Waals surface area contributed by atoms with Crippen molar-refractivity contribution in [1.29, 1.82) is 0 Å². The van der Waals surface area contributed by atoms with Gasteiger partial charge in [0.1, 0.15) is 0 Å². The van der Waals surface area contributed by atoms with E-state index >= 15 is 0 Å². The predicted octanol–water partition coefficient (Wildman–Crippen LogP) is 2.04. The smallest absolute Gasteiger partial charge is 0.423 e. The molecule has 2 atom stereocenters. The van der Waals surface area contributed by atoms with Gasteiger partial charge in [-0.15, -0.1) is 0 Å². The average Bonchev–Trinajstić information content (AvgIpc) is 3.17. The summed E-state index contributed by atoms with van der Waals surface area (Å²) in [6, 6.07) is 23.6. The summed E-state index contributed by atoms with van der Waals surface area (Å²) in [5.74, 6) is 0.234. The molecule has 7 nitrogen and oxygen atoms in total. The quantitative estimate of drug-likeness (QED) is 0.361. The number of hydroxylamine groups is 1. The molecule has 0 aliphatic carbocycles. The molecule has 2 aliphatic heterocycles. The molecule has 3 aromatic rings. The number of likely N-dealkylation sites (tertiary alicyclic amines) is 1. The van der Waals surface area contributed by atoms with Crippen LogP contribution in [0.5, 0.6) is 0 Å². The van der Waals surface area contributed by atoms with Crippen LogP contribution in [0, 0.1) is 0 Å². The number of rotatable bonds is 7. The van der Waals surface area contributed by atoms with Gasteiger partial charge in [0, 0.05) is 36.3 Å². The van der Waals surface area contributed by atoms with Crippen LogP contribution in [-0.2, 0) is 18.0 Å². The van der Waals surface area contributed by atoms with Crippen LogP contribution in [0.2, 0.25) is 0 Å². The zero-order chi connectivity index (χ0) is 24.4. The number of piperidine rings is 1. The second kappa shape index (κ2) is 10.2. The highest BCUT2D eigenvalue weighted by molar-refractivity contribution is 6.58. The van der Waals surface area contributed by atoms with Gasteiger partial charge in [-0.05, 0) is 60.4 Å². The highest BCUT2D eigenvalue weighted by atomic mass is 16.6. The Morgan fingerprint density at radius 3 is 2.49 bits per heavy atom. The van der Waals surface area contributed by atoms with Gasteiger partial charge in [0.2, 0.25) is 0 Å². The molecule has 0 aromatic heterocycles. The van der Waals surface area contributed by atoms with Crippen molar-refractivity contribution in [2.45, 2.75) is 31.5 Å². The van der Waals surface area contributed by atoms with Gasteiger partial charge < -0.3 is 19.8 Å². The van der Waals surface area contributed by atoms with Crippen LogP contribution >= 0.6 is 0 Å². The van der Waals surface area contributed by atoms with E-state index in [-0.39, 0.29) is 12.5 Å². The number of anilines is 1. The Bertz CT molecular complexity index is 1170. The maximum Gasteiger partial charge on any atom is 0.488 e. The lowest BCUT2D eigenvalue weighted by Crippen LogP contribution is -2.44. The fraction of sp³-hybridized carbons (Fsp3) is 0.296. The van der Waals surface area contributed by atoms with Crippen LogP contribution in [-0.4, -0.2) is 54.2 Å². The fourth-order valence-corrected chi connectivity index (χ4v) is 5.21. The Morgan fingerprint density at radius 2 is 1.74 bits per heavy atom. The average molecular weight is 471 g/mol. The second-order valence-electron chi connectivity index (χ2n) is 9.44. The zero-order valence-corrected chi connectivity index (χ0v) is 19.8. The topological polar surface area (TPSA) is 85.3 Å². The third-order valence-corrected chi connectivity index (χ3v) is 7.08. The van der Waals surface area contributed by atoms with Crippen molar-refractivity contribution in [1.82, 2.24) is 10.4 Å². The number of likely N-dealkylation sites (N-methyl/N-ethyl adjacent to an activating group) is 1. The SMILES string of the molecule is CN1CCC2C(C1)c1ccccc1N2Cc1ccc(C(=O)NOCc2ccc(B(O)O)cc2)cc1. The van der Waals surface area contributed by atoms with Gasteiger partial charge >= 0.3 is 7.12 Å². The van der Waals surface area contributed by atoms with Gasteiger partial charge in [-0.1, -0.05) is 54.6 Å². The number of nitrogens with zero attached hydrogens (tertiary/aromatic N) is 2. The fourth-order valence-electron chi connectivity index (χ4n) is 5.21. The highest BCUT2D eigenvalue weighted by Gasteiger charge is 2.40. The molecule has 0 saturated carbocycles. The van der Waals surface area contributed by atoms with Crippen LogP contribution in [0.3, 0.4) is 0 Å². The van der Waals surface area contributed by atoms with E-state index in [1.54, 1.807) is 24.3 Å². The predicted molar refractivity (Wildman–Crippen MR) is 136 cm³/mol. The van der Waals surface area contributed by atoms with E-state index in [9.17, 15) is 4.79 Å². The van der Waals surface area contributed by atoms with Gasteiger partial charge in [0.05, 0.1) is 6.61 Å². The maximum absolute atomic E-state index is 12.5. The summed E-state index contributed by atoms with van der Waals surface area (Å²) in [5.41, 5.74) is 8.17. The van der Waals surface area contributed by atoms with Crippen LogP contribution in [0.1, 0.15) is 39.4 Å². The minimum Gasteiger partial charge on any atom is -0.423 e. The minimum atomic E-state index is -1.50. The van der Waals surface area contributed by atoms with E-state index in [0.29, 0.717) is 23.0 Å². The first-order valence-electron chi connectivity index (χ1n) is 12.0. The minimum absolute atomic E-state index is 0.178. The number of amides is 1. The van der Waals surface area contributed by atoms with Crippen molar-refractivity contribution in [3.8, 4) is 0 Å². The molecule has 0 bridgehead atoms. The number of carbonyl (C=O) groups is 1. The van der Waals surface area contributed by atoms with Gasteiger partial charge in [-0.2, -0.15) is 0 Å². The molecular weight excluding hydrogens is 441 g/mol. The number of para-hydroxylation sites is 1. The zero-order valence-electron chi connectivity index (χ0n) is 19.8. The van der Waals surface area contributed by atoms with Crippen molar-refractivity contribution in [3.05, 3.63) is 95.1 Å². The third-order valence-electron chi connectivity index (χ3n) is 7.08. The number of hydrogen-bond donors (Lipinski definition) is 3. The Hall–Kier alpha value is -3.17. The van der Waals surface area contributed by atoms with E-state index in [4.69, 9.17) is 14.9 Å². The lowest BCUT2D eigenvalue weighted by Gasteiger charge is -2.37. The summed E-state index contributed by atoms with van der Waals surface area (Å²) >= 11 is 0. The molecule has 0 spiro atoms. The Morgan fingerprint density at radius 1 is 1.03 bits per heavy atom. The first-order valence-corrected chi connectivity index (χ1v) is 12.0. The van der Waals surface area contributed by atoms with Gasteiger partial charge in [0.25, 0.3) is 5.91 Å². The van der Waals surface area contributed by atoms with Crippen LogP contribution in [0.25, 0.3) is 0 Å². The van der Waals surface area contributed by atoms with Crippen molar-refractivity contribution >= 4 is 24.2 Å². The summed E-state index contributed by atoms with van der Waals surface area (Å²) in [5, 5.41) is 18.3. The van der Waals surface area contributed by atoms with Crippen molar-refractivity contribution < 1.29 is 19.7 Å². The molecule has 5 rings (SSSR count). The third kappa shape index (κ3) is 5.11. The number of nitrogens with one attached hydrogen (secondary N) is 1. The van der Waals surface area contributed by atoms with Crippen LogP contribution in [0.4, 0.5) is 5.69 Å². The molecule has 35 heavy (non-hydrogen) atoms. The second-order valence-corrected chi connectivity index (χ2v) is 9.44. The Balaban J connectivity index is 1.19. The summed E-state index contributed by atoms with van der Waals surface area (Å²) in [6.45, 7) is 3.19. The van der Waals surface area contributed by atoms with Crippen molar-refractivity contribution in [2.24, 2.45) is 0 Å². The van der Waals surface area contributed by atoms with E-state index in [2.05, 4.69) is 46.6 Å². The molecule has 1 saturated heterocycles. The summed E-state index contributed by atoms with van der Waals surface area (Å²) in [7, 11) is 0.700. The standard InChI is InChI=1S/C27H30BN3O4/c1-30-15-14-26-24(17-30)23-4-2-3-5-25(23)31(26)16-19-6-10-21(11-7-19)27(32)29-35-18-20-8-12-22(13-9-20)28(33)34/h2-13,24,26,33-34H,14-18H2,1H3,(H,29,32). The molecule has 2 heterocycles. The van der Waals surface area contributed by atoms with Gasteiger partial charge in [-0.25, -0.2) is 5.48 Å². The molecule has 2 unspecified atom stereocenters. The molecule has 8 heteroatoms. The number of hydrogen-bond acceptors (Lipinski definition) is 6. The summed E-state index contributed by atoms with van der Waals surface area (Å²) in [6.07, 6.45) is 1.15. The molecule has 180 valence electrons. The molecule has 2 aliphatic rings. The van der Waals surface area contributed by atoms with Crippen molar-refractivity contribution in [2.75, 3.05) is 25.0 Å². The van der Waals surface area contributed by atoms with Crippen LogP contribution in [0.15, 0.2) is 72.8 Å². The van der Waals surface area contributed by atoms with E-state index < -0.39 is 7.12 Å². The lowest BCUT2D eigenvalue weighted by atomic mass is 9.80.